The molecule has 1 fully saturated rings. The van der Waals surface area contributed by atoms with Gasteiger partial charge < -0.3 is 5.32 Å². The molecule has 0 aromatic heterocycles. The monoisotopic (exact) mass is 261 g/mol. The lowest BCUT2D eigenvalue weighted by Gasteiger charge is -2.18. The van der Waals surface area contributed by atoms with Gasteiger partial charge >= 0.3 is 0 Å². The Morgan fingerprint density at radius 2 is 1.94 bits per heavy atom. The van der Waals surface area contributed by atoms with E-state index in [0.29, 0.717) is 17.5 Å². The maximum atomic E-state index is 11.3. The number of hydrogen-bond donors (Lipinski definition) is 1. The van der Waals surface area contributed by atoms with Crippen LogP contribution in [0.15, 0.2) is 0 Å². The summed E-state index contributed by atoms with van der Waals surface area (Å²) in [6.07, 6.45) is 8.48. The minimum Gasteiger partial charge on any atom is -0.310 e. The lowest BCUT2D eigenvalue weighted by molar-refractivity contribution is 0.432. The fourth-order valence-electron chi connectivity index (χ4n) is 2.47. The molecule has 0 saturated carbocycles. The van der Waals surface area contributed by atoms with Crippen LogP contribution in [0.3, 0.4) is 0 Å². The number of rotatable bonds is 8. The summed E-state index contributed by atoms with van der Waals surface area (Å²) in [5.41, 5.74) is 0. The molecule has 2 atom stereocenters. The first kappa shape index (κ1) is 15.0. The SMILES string of the molecule is CCCCCCCC(C)NC1CCS(=O)(=O)C1. The molecule has 4 heteroatoms. The minimum absolute atomic E-state index is 0.200. The number of sulfone groups is 1. The van der Waals surface area contributed by atoms with E-state index in [4.69, 9.17) is 0 Å². The van der Waals surface area contributed by atoms with Crippen LogP contribution in [0.4, 0.5) is 0 Å². The van der Waals surface area contributed by atoms with Gasteiger partial charge in [0.15, 0.2) is 9.84 Å². The van der Waals surface area contributed by atoms with Crippen LogP contribution in [-0.4, -0.2) is 32.0 Å². The Bertz CT molecular complexity index is 301. The molecule has 1 aliphatic rings. The molecule has 1 rings (SSSR count). The van der Waals surface area contributed by atoms with Crippen molar-refractivity contribution in [2.45, 2.75) is 70.9 Å². The molecule has 0 aliphatic carbocycles. The Morgan fingerprint density at radius 3 is 2.53 bits per heavy atom. The van der Waals surface area contributed by atoms with E-state index in [1.54, 1.807) is 0 Å². The van der Waals surface area contributed by atoms with Gasteiger partial charge in [0, 0.05) is 12.1 Å². The molecule has 0 aromatic rings. The zero-order valence-electron chi connectivity index (χ0n) is 11.2. The second-order valence-electron chi connectivity index (χ2n) is 5.37. The molecule has 2 unspecified atom stereocenters. The Balaban J connectivity index is 2.07. The van der Waals surface area contributed by atoms with E-state index in [-0.39, 0.29) is 6.04 Å². The normalized spacial score (nSPS) is 24.9. The van der Waals surface area contributed by atoms with Crippen LogP contribution in [-0.2, 0) is 9.84 Å². The van der Waals surface area contributed by atoms with E-state index in [0.717, 1.165) is 6.42 Å². The van der Waals surface area contributed by atoms with Gasteiger partial charge in [0.05, 0.1) is 11.5 Å². The molecular weight excluding hydrogens is 234 g/mol. The summed E-state index contributed by atoms with van der Waals surface area (Å²) < 4.78 is 22.6. The van der Waals surface area contributed by atoms with Crippen molar-refractivity contribution in [1.82, 2.24) is 5.32 Å². The Labute approximate surface area is 106 Å². The highest BCUT2D eigenvalue weighted by Crippen LogP contribution is 2.13. The molecule has 0 aromatic carbocycles. The van der Waals surface area contributed by atoms with E-state index >= 15 is 0 Å². The van der Waals surface area contributed by atoms with Crippen molar-refractivity contribution in [2.75, 3.05) is 11.5 Å². The molecule has 0 spiro atoms. The first-order valence-electron chi connectivity index (χ1n) is 7.00. The first-order valence-corrected chi connectivity index (χ1v) is 8.82. The van der Waals surface area contributed by atoms with Gasteiger partial charge in [-0.15, -0.1) is 0 Å². The molecule has 1 N–H and O–H groups in total. The average Bonchev–Trinajstić information content (AvgIpc) is 2.57. The third-order valence-electron chi connectivity index (χ3n) is 3.49. The molecule has 102 valence electrons. The maximum Gasteiger partial charge on any atom is 0.151 e. The summed E-state index contributed by atoms with van der Waals surface area (Å²) in [5, 5.41) is 3.45. The molecular formula is C13H27NO2S. The van der Waals surface area contributed by atoms with Gasteiger partial charge in [0.25, 0.3) is 0 Å². The molecule has 0 amide bonds. The quantitative estimate of drug-likeness (QED) is 0.683. The van der Waals surface area contributed by atoms with Gasteiger partial charge in [-0.1, -0.05) is 39.0 Å². The van der Waals surface area contributed by atoms with Gasteiger partial charge in [0.2, 0.25) is 0 Å². The minimum atomic E-state index is -2.74. The van der Waals surface area contributed by atoms with Crippen LogP contribution in [0.25, 0.3) is 0 Å². The van der Waals surface area contributed by atoms with Crippen molar-refractivity contribution < 1.29 is 8.42 Å². The average molecular weight is 261 g/mol. The third-order valence-corrected chi connectivity index (χ3v) is 5.26. The van der Waals surface area contributed by atoms with Crippen molar-refractivity contribution in [3.8, 4) is 0 Å². The third kappa shape index (κ3) is 6.41. The Morgan fingerprint density at radius 1 is 1.24 bits per heavy atom. The summed E-state index contributed by atoms with van der Waals surface area (Å²) in [6.45, 7) is 4.40. The van der Waals surface area contributed by atoms with Gasteiger partial charge in [-0.05, 0) is 19.8 Å². The predicted octanol–water partition coefficient (Wildman–Crippen LogP) is 2.51. The Kier molecular flexibility index (Phi) is 6.49. The van der Waals surface area contributed by atoms with Crippen molar-refractivity contribution in [2.24, 2.45) is 0 Å². The predicted molar refractivity (Wildman–Crippen MR) is 73.0 cm³/mol. The topological polar surface area (TPSA) is 46.2 Å². The van der Waals surface area contributed by atoms with E-state index in [2.05, 4.69) is 19.2 Å². The highest BCUT2D eigenvalue weighted by molar-refractivity contribution is 7.91. The maximum absolute atomic E-state index is 11.3. The fraction of sp³-hybridized carbons (Fsp3) is 1.00. The van der Waals surface area contributed by atoms with Crippen molar-refractivity contribution in [3.05, 3.63) is 0 Å². The van der Waals surface area contributed by atoms with Crippen LogP contribution in [0.1, 0.15) is 58.8 Å². The summed E-state index contributed by atoms with van der Waals surface area (Å²) in [5.74, 6) is 0.709. The lowest BCUT2D eigenvalue weighted by atomic mass is 10.1. The first-order chi connectivity index (χ1) is 8.03. The largest absolute Gasteiger partial charge is 0.310 e. The summed E-state index contributed by atoms with van der Waals surface area (Å²) in [6, 6.07) is 0.653. The van der Waals surface area contributed by atoms with Crippen LogP contribution in [0, 0.1) is 0 Å². The van der Waals surface area contributed by atoms with Crippen molar-refractivity contribution in [1.29, 1.82) is 0 Å². The Hall–Kier alpha value is -0.0900. The van der Waals surface area contributed by atoms with Crippen molar-refractivity contribution >= 4 is 9.84 Å². The lowest BCUT2D eigenvalue weighted by Crippen LogP contribution is -2.37. The second kappa shape index (κ2) is 7.37. The van der Waals surface area contributed by atoms with E-state index < -0.39 is 9.84 Å². The molecule has 0 radical (unpaired) electrons. The van der Waals surface area contributed by atoms with E-state index in [1.165, 1.54) is 38.5 Å². The molecule has 3 nitrogen and oxygen atoms in total. The number of hydrogen-bond acceptors (Lipinski definition) is 3. The molecule has 1 heterocycles. The zero-order valence-corrected chi connectivity index (χ0v) is 12.1. The van der Waals surface area contributed by atoms with Gasteiger partial charge in [-0.25, -0.2) is 8.42 Å². The molecule has 1 saturated heterocycles. The highest BCUT2D eigenvalue weighted by Gasteiger charge is 2.28. The van der Waals surface area contributed by atoms with Crippen LogP contribution < -0.4 is 5.32 Å². The number of nitrogens with one attached hydrogen (secondary N) is 1. The summed E-state index contributed by atoms with van der Waals surface area (Å²) >= 11 is 0. The molecule has 1 aliphatic heterocycles. The van der Waals surface area contributed by atoms with E-state index in [1.807, 2.05) is 0 Å². The summed E-state index contributed by atoms with van der Waals surface area (Å²) in [4.78, 5) is 0. The van der Waals surface area contributed by atoms with Gasteiger partial charge in [-0.2, -0.15) is 0 Å². The number of unbranched alkanes of at least 4 members (excludes halogenated alkanes) is 4. The standard InChI is InChI=1S/C13H27NO2S/c1-3-4-5-6-7-8-12(2)14-13-9-10-17(15,16)11-13/h12-14H,3-11H2,1-2H3. The van der Waals surface area contributed by atoms with E-state index in [9.17, 15) is 8.42 Å². The van der Waals surface area contributed by atoms with Gasteiger partial charge in [0.1, 0.15) is 0 Å². The smallest absolute Gasteiger partial charge is 0.151 e. The van der Waals surface area contributed by atoms with Crippen LogP contribution in [0.2, 0.25) is 0 Å². The highest BCUT2D eigenvalue weighted by atomic mass is 32.2. The van der Waals surface area contributed by atoms with Crippen LogP contribution in [0.5, 0.6) is 0 Å². The van der Waals surface area contributed by atoms with Crippen molar-refractivity contribution in [3.63, 3.8) is 0 Å². The molecule has 17 heavy (non-hydrogen) atoms. The van der Waals surface area contributed by atoms with Crippen LogP contribution >= 0.6 is 0 Å². The fourth-order valence-corrected chi connectivity index (χ4v) is 4.15. The molecule has 0 bridgehead atoms. The zero-order chi connectivity index (χ0) is 12.7. The van der Waals surface area contributed by atoms with Gasteiger partial charge in [-0.3, -0.25) is 0 Å². The summed E-state index contributed by atoms with van der Waals surface area (Å²) in [7, 11) is -2.74. The second-order valence-corrected chi connectivity index (χ2v) is 7.60.